The summed E-state index contributed by atoms with van der Waals surface area (Å²) in [7, 11) is -3.76. The van der Waals surface area contributed by atoms with Gasteiger partial charge in [0.25, 0.3) is 0 Å². The van der Waals surface area contributed by atoms with E-state index in [1.807, 2.05) is 0 Å². The van der Waals surface area contributed by atoms with E-state index in [2.05, 4.69) is 10.0 Å². The average molecular weight is 303 g/mol. The van der Waals surface area contributed by atoms with Crippen molar-refractivity contribution in [3.05, 3.63) is 29.6 Å². The summed E-state index contributed by atoms with van der Waals surface area (Å²) in [6, 6.07) is 3.05. The first-order valence-electron chi connectivity index (χ1n) is 5.91. The number of halogens is 1. The maximum Gasteiger partial charge on any atom is 0.338 e. The zero-order valence-electron chi connectivity index (χ0n) is 10.5. The minimum atomic E-state index is -3.76. The molecule has 0 bridgehead atoms. The maximum absolute atomic E-state index is 13.2. The van der Waals surface area contributed by atoms with E-state index in [0.29, 0.717) is 26.2 Å². The quantitative estimate of drug-likeness (QED) is 0.732. The molecular formula is C11H14FN3O4S. The first kappa shape index (κ1) is 14.7. The highest BCUT2D eigenvalue weighted by molar-refractivity contribution is 7.90. The van der Waals surface area contributed by atoms with Crippen LogP contribution in [-0.2, 0) is 10.2 Å². The van der Waals surface area contributed by atoms with E-state index in [9.17, 15) is 17.6 Å². The number of aromatic carboxylic acids is 1. The molecule has 1 aliphatic heterocycles. The predicted molar refractivity (Wildman–Crippen MR) is 70.3 cm³/mol. The number of nitrogens with zero attached hydrogens (tertiary/aromatic N) is 1. The van der Waals surface area contributed by atoms with Gasteiger partial charge in [-0.2, -0.15) is 12.7 Å². The van der Waals surface area contributed by atoms with Crippen molar-refractivity contribution in [1.82, 2.24) is 9.62 Å². The fourth-order valence-corrected chi connectivity index (χ4v) is 3.07. The van der Waals surface area contributed by atoms with Gasteiger partial charge in [-0.25, -0.2) is 9.18 Å². The van der Waals surface area contributed by atoms with Crippen molar-refractivity contribution in [3.63, 3.8) is 0 Å². The van der Waals surface area contributed by atoms with Gasteiger partial charge < -0.3 is 10.4 Å². The van der Waals surface area contributed by atoms with Gasteiger partial charge in [0, 0.05) is 26.2 Å². The van der Waals surface area contributed by atoms with Crippen LogP contribution in [0.2, 0.25) is 0 Å². The summed E-state index contributed by atoms with van der Waals surface area (Å²) < 4.78 is 40.9. The van der Waals surface area contributed by atoms with Crippen LogP contribution < -0.4 is 10.0 Å². The van der Waals surface area contributed by atoms with E-state index in [1.54, 1.807) is 0 Å². The fourth-order valence-electron chi connectivity index (χ4n) is 1.85. The first-order chi connectivity index (χ1) is 9.40. The highest BCUT2D eigenvalue weighted by Gasteiger charge is 2.24. The van der Waals surface area contributed by atoms with Crippen molar-refractivity contribution in [2.45, 2.75) is 0 Å². The number of carboxylic acids is 1. The molecule has 2 rings (SSSR count). The Morgan fingerprint density at radius 2 is 2.00 bits per heavy atom. The second-order valence-electron chi connectivity index (χ2n) is 4.26. The number of hydrogen-bond donors (Lipinski definition) is 3. The molecule has 0 saturated carbocycles. The van der Waals surface area contributed by atoms with Crippen LogP contribution >= 0.6 is 0 Å². The third kappa shape index (κ3) is 3.24. The fraction of sp³-hybridized carbons (Fsp3) is 0.364. The molecule has 3 N–H and O–H groups in total. The number of benzene rings is 1. The van der Waals surface area contributed by atoms with Gasteiger partial charge in [0.15, 0.2) is 0 Å². The van der Waals surface area contributed by atoms with Crippen LogP contribution in [0.1, 0.15) is 10.4 Å². The number of nitrogens with one attached hydrogen (secondary N) is 2. The molecule has 7 nitrogen and oxygen atoms in total. The van der Waals surface area contributed by atoms with Crippen molar-refractivity contribution < 1.29 is 22.7 Å². The lowest BCUT2D eigenvalue weighted by Gasteiger charge is -2.26. The molecule has 0 unspecified atom stereocenters. The smallest absolute Gasteiger partial charge is 0.338 e. The Morgan fingerprint density at radius 1 is 1.35 bits per heavy atom. The van der Waals surface area contributed by atoms with Crippen LogP contribution in [0.5, 0.6) is 0 Å². The predicted octanol–water partition coefficient (Wildman–Crippen LogP) is 0.0858. The first-order valence-corrected chi connectivity index (χ1v) is 7.35. The number of carbonyl (C=O) groups is 1. The molecule has 20 heavy (non-hydrogen) atoms. The molecule has 1 fully saturated rings. The molecule has 1 aromatic rings. The van der Waals surface area contributed by atoms with Crippen molar-refractivity contribution in [2.24, 2.45) is 0 Å². The van der Waals surface area contributed by atoms with Gasteiger partial charge in [0.05, 0.1) is 11.3 Å². The third-order valence-corrected chi connectivity index (χ3v) is 4.40. The van der Waals surface area contributed by atoms with Crippen molar-refractivity contribution in [3.8, 4) is 0 Å². The molecule has 1 aliphatic rings. The molecule has 110 valence electrons. The Kier molecular flexibility index (Phi) is 4.21. The van der Waals surface area contributed by atoms with Crippen molar-refractivity contribution in [2.75, 3.05) is 30.9 Å². The maximum atomic E-state index is 13.2. The monoisotopic (exact) mass is 303 g/mol. The van der Waals surface area contributed by atoms with Crippen LogP contribution in [0.25, 0.3) is 0 Å². The zero-order chi connectivity index (χ0) is 14.8. The lowest BCUT2D eigenvalue weighted by molar-refractivity contribution is 0.0692. The molecule has 0 radical (unpaired) electrons. The van der Waals surface area contributed by atoms with Gasteiger partial charge in [-0.15, -0.1) is 0 Å². The summed E-state index contributed by atoms with van der Waals surface area (Å²) in [4.78, 5) is 10.8. The second kappa shape index (κ2) is 5.73. The molecule has 0 spiro atoms. The third-order valence-electron chi connectivity index (χ3n) is 2.86. The summed E-state index contributed by atoms with van der Waals surface area (Å²) in [5.74, 6) is -2.37. The van der Waals surface area contributed by atoms with E-state index in [-0.39, 0.29) is 5.69 Å². The van der Waals surface area contributed by atoms with Crippen molar-refractivity contribution >= 4 is 21.9 Å². The van der Waals surface area contributed by atoms with Crippen LogP contribution in [0.3, 0.4) is 0 Å². The topological polar surface area (TPSA) is 98.7 Å². The molecule has 0 atom stereocenters. The summed E-state index contributed by atoms with van der Waals surface area (Å²) >= 11 is 0. The van der Waals surface area contributed by atoms with Gasteiger partial charge in [-0.1, -0.05) is 0 Å². The molecule has 0 aliphatic carbocycles. The van der Waals surface area contributed by atoms with Gasteiger partial charge in [0.2, 0.25) is 0 Å². The lowest BCUT2D eigenvalue weighted by Crippen LogP contribution is -2.48. The normalized spacial score (nSPS) is 16.9. The van der Waals surface area contributed by atoms with E-state index >= 15 is 0 Å². The van der Waals surface area contributed by atoms with Crippen LogP contribution in [-0.4, -0.2) is 50.0 Å². The van der Waals surface area contributed by atoms with E-state index in [0.717, 1.165) is 12.1 Å². The Bertz CT molecular complexity index is 614. The molecular weight excluding hydrogens is 289 g/mol. The second-order valence-corrected chi connectivity index (χ2v) is 5.93. The average Bonchev–Trinajstić information content (AvgIpc) is 2.41. The summed E-state index contributed by atoms with van der Waals surface area (Å²) in [6.07, 6.45) is 0. The minimum absolute atomic E-state index is 0.0160. The standard InChI is InChI=1S/C11H14FN3O4S/c12-10-2-1-8(7-9(10)11(16)17)14-20(18,19)15-5-3-13-4-6-15/h1-2,7,13-14H,3-6H2,(H,16,17). The van der Waals surface area contributed by atoms with Gasteiger partial charge >= 0.3 is 16.2 Å². The Labute approximate surface area is 115 Å². The largest absolute Gasteiger partial charge is 0.478 e. The molecule has 9 heteroatoms. The highest BCUT2D eigenvalue weighted by Crippen LogP contribution is 2.17. The molecule has 1 aromatic carbocycles. The van der Waals surface area contributed by atoms with Crippen LogP contribution in [0.4, 0.5) is 10.1 Å². The van der Waals surface area contributed by atoms with Gasteiger partial charge in [-0.3, -0.25) is 4.72 Å². The van der Waals surface area contributed by atoms with Crippen LogP contribution in [0.15, 0.2) is 18.2 Å². The molecule has 0 amide bonds. The summed E-state index contributed by atoms with van der Waals surface area (Å²) in [5, 5.41) is 11.8. The minimum Gasteiger partial charge on any atom is -0.478 e. The summed E-state index contributed by atoms with van der Waals surface area (Å²) in [6.45, 7) is 1.74. The number of anilines is 1. The van der Waals surface area contributed by atoms with Gasteiger partial charge in [-0.05, 0) is 18.2 Å². The highest BCUT2D eigenvalue weighted by atomic mass is 32.2. The number of piperazine rings is 1. The zero-order valence-corrected chi connectivity index (χ0v) is 11.3. The SMILES string of the molecule is O=C(O)c1cc(NS(=O)(=O)N2CCNCC2)ccc1F. The number of rotatable bonds is 4. The van der Waals surface area contributed by atoms with E-state index in [4.69, 9.17) is 5.11 Å². The van der Waals surface area contributed by atoms with Crippen LogP contribution in [0, 0.1) is 5.82 Å². The number of hydrogen-bond acceptors (Lipinski definition) is 4. The van der Waals surface area contributed by atoms with Gasteiger partial charge in [0.1, 0.15) is 5.82 Å². The summed E-state index contributed by atoms with van der Waals surface area (Å²) in [5.41, 5.74) is -0.562. The van der Waals surface area contributed by atoms with E-state index < -0.39 is 27.6 Å². The van der Waals surface area contributed by atoms with E-state index in [1.165, 1.54) is 10.4 Å². The molecule has 1 heterocycles. The lowest BCUT2D eigenvalue weighted by atomic mass is 10.2. The van der Waals surface area contributed by atoms with Crippen molar-refractivity contribution in [1.29, 1.82) is 0 Å². The Balaban J connectivity index is 2.20. The Hall–Kier alpha value is -1.71. The number of carboxylic acid groups (broad SMARTS) is 1. The molecule has 1 saturated heterocycles. The Morgan fingerprint density at radius 3 is 2.60 bits per heavy atom. The molecule has 0 aromatic heterocycles.